The van der Waals surface area contributed by atoms with E-state index in [1.165, 1.54) is 10.9 Å². The van der Waals surface area contributed by atoms with E-state index in [1.54, 1.807) is 6.07 Å². The highest BCUT2D eigenvalue weighted by molar-refractivity contribution is 5.80. The first kappa shape index (κ1) is 18.9. The van der Waals surface area contributed by atoms with Gasteiger partial charge < -0.3 is 10.3 Å². The van der Waals surface area contributed by atoms with E-state index >= 15 is 0 Å². The van der Waals surface area contributed by atoms with Gasteiger partial charge in [0, 0.05) is 25.9 Å². The summed E-state index contributed by atoms with van der Waals surface area (Å²) in [5.74, 6) is 0.843. The standard InChI is InChI=1S/C22H23N5O2/c1-15-6-4-7-16-21(15)24-14-27(22(16)29)13-11-20(28)23-12-5-10-19-25-17-8-2-3-9-18(17)26-19/h2-4,6-9,14H,5,10-13H2,1H3,(H,23,28)(H,25,26). The Balaban J connectivity index is 1.26. The zero-order valence-electron chi connectivity index (χ0n) is 16.3. The van der Waals surface area contributed by atoms with E-state index < -0.39 is 0 Å². The molecule has 0 fully saturated rings. The summed E-state index contributed by atoms with van der Waals surface area (Å²) >= 11 is 0. The zero-order valence-corrected chi connectivity index (χ0v) is 16.3. The van der Waals surface area contributed by atoms with Crippen LogP contribution in [0.2, 0.25) is 0 Å². The summed E-state index contributed by atoms with van der Waals surface area (Å²) < 4.78 is 1.50. The van der Waals surface area contributed by atoms with E-state index in [0.717, 1.165) is 35.3 Å². The Bertz CT molecular complexity index is 1190. The van der Waals surface area contributed by atoms with E-state index in [1.807, 2.05) is 43.3 Å². The van der Waals surface area contributed by atoms with Crippen LogP contribution < -0.4 is 10.9 Å². The summed E-state index contributed by atoms with van der Waals surface area (Å²) in [7, 11) is 0. The Morgan fingerprint density at radius 2 is 2.03 bits per heavy atom. The van der Waals surface area contributed by atoms with Gasteiger partial charge in [-0.1, -0.05) is 24.3 Å². The van der Waals surface area contributed by atoms with Gasteiger partial charge in [-0.15, -0.1) is 0 Å². The van der Waals surface area contributed by atoms with Crippen LogP contribution in [0.4, 0.5) is 0 Å². The SMILES string of the molecule is Cc1cccc2c(=O)n(CCC(=O)NCCCc3nc4ccccc4[nH]3)cnc12. The molecule has 0 saturated heterocycles. The third-order valence-electron chi connectivity index (χ3n) is 4.99. The summed E-state index contributed by atoms with van der Waals surface area (Å²) in [6.07, 6.45) is 3.32. The number of para-hydroxylation sites is 3. The van der Waals surface area contributed by atoms with Crippen LogP contribution in [0.3, 0.4) is 0 Å². The number of hydrogen-bond donors (Lipinski definition) is 2. The molecule has 0 radical (unpaired) electrons. The van der Waals surface area contributed by atoms with Gasteiger partial charge in [0.05, 0.1) is 28.3 Å². The Labute approximate surface area is 167 Å². The van der Waals surface area contributed by atoms with E-state index in [4.69, 9.17) is 0 Å². The fourth-order valence-electron chi connectivity index (χ4n) is 3.41. The number of hydrogen-bond acceptors (Lipinski definition) is 4. The Hall–Kier alpha value is -3.48. The monoisotopic (exact) mass is 389 g/mol. The van der Waals surface area contributed by atoms with Crippen LogP contribution in [0.15, 0.2) is 53.6 Å². The summed E-state index contributed by atoms with van der Waals surface area (Å²) in [6, 6.07) is 13.5. The van der Waals surface area contributed by atoms with Crippen molar-refractivity contribution in [1.29, 1.82) is 0 Å². The number of amides is 1. The topological polar surface area (TPSA) is 92.7 Å². The molecule has 2 heterocycles. The molecule has 2 aromatic heterocycles. The van der Waals surface area contributed by atoms with Gasteiger partial charge in [0.25, 0.3) is 5.56 Å². The quantitative estimate of drug-likeness (QED) is 0.475. The van der Waals surface area contributed by atoms with Crippen molar-refractivity contribution in [2.24, 2.45) is 0 Å². The molecule has 0 spiro atoms. The maximum Gasteiger partial charge on any atom is 0.261 e. The second-order valence-corrected chi connectivity index (χ2v) is 7.12. The van der Waals surface area contributed by atoms with Crippen molar-refractivity contribution in [3.8, 4) is 0 Å². The lowest BCUT2D eigenvalue weighted by molar-refractivity contribution is -0.121. The highest BCUT2D eigenvalue weighted by Crippen LogP contribution is 2.12. The van der Waals surface area contributed by atoms with Crippen molar-refractivity contribution in [2.45, 2.75) is 32.7 Å². The van der Waals surface area contributed by atoms with Gasteiger partial charge >= 0.3 is 0 Å². The average Bonchev–Trinajstić information content (AvgIpc) is 3.14. The third-order valence-corrected chi connectivity index (χ3v) is 4.99. The predicted octanol–water partition coefficient (Wildman–Crippen LogP) is 2.72. The molecule has 4 rings (SSSR count). The van der Waals surface area contributed by atoms with E-state index in [2.05, 4.69) is 20.3 Å². The van der Waals surface area contributed by atoms with Crippen LogP contribution in [-0.2, 0) is 17.8 Å². The smallest absolute Gasteiger partial charge is 0.261 e. The fourth-order valence-corrected chi connectivity index (χ4v) is 3.41. The number of carbonyl (C=O) groups is 1. The molecule has 4 aromatic rings. The number of benzene rings is 2. The van der Waals surface area contributed by atoms with Crippen molar-refractivity contribution in [1.82, 2.24) is 24.8 Å². The van der Waals surface area contributed by atoms with Gasteiger partial charge in [0.2, 0.25) is 5.91 Å². The molecular weight excluding hydrogens is 366 g/mol. The minimum atomic E-state index is -0.114. The predicted molar refractivity (Wildman–Crippen MR) is 113 cm³/mol. The second kappa shape index (κ2) is 8.26. The second-order valence-electron chi connectivity index (χ2n) is 7.12. The molecule has 2 aromatic carbocycles. The first-order valence-corrected chi connectivity index (χ1v) is 9.77. The number of aromatic nitrogens is 4. The molecular formula is C22H23N5O2. The van der Waals surface area contributed by atoms with Crippen LogP contribution in [0, 0.1) is 6.92 Å². The first-order valence-electron chi connectivity index (χ1n) is 9.77. The maximum atomic E-state index is 12.6. The van der Waals surface area contributed by atoms with Crippen molar-refractivity contribution in [3.05, 3.63) is 70.5 Å². The normalized spacial score (nSPS) is 11.2. The third kappa shape index (κ3) is 4.18. The maximum absolute atomic E-state index is 12.6. The summed E-state index contributed by atoms with van der Waals surface area (Å²) in [4.78, 5) is 36.9. The largest absolute Gasteiger partial charge is 0.356 e. The van der Waals surface area contributed by atoms with Crippen molar-refractivity contribution in [2.75, 3.05) is 6.54 Å². The number of aryl methyl sites for hydroxylation is 3. The number of nitrogens with one attached hydrogen (secondary N) is 2. The number of imidazole rings is 1. The molecule has 29 heavy (non-hydrogen) atoms. The highest BCUT2D eigenvalue weighted by Gasteiger charge is 2.08. The minimum absolute atomic E-state index is 0.0779. The number of aromatic amines is 1. The fraction of sp³-hybridized carbons (Fsp3) is 0.273. The molecule has 0 aliphatic heterocycles. The van der Waals surface area contributed by atoms with Crippen molar-refractivity contribution < 1.29 is 4.79 Å². The number of nitrogens with zero attached hydrogens (tertiary/aromatic N) is 3. The number of H-pyrrole nitrogens is 1. The molecule has 0 aliphatic rings. The number of rotatable bonds is 7. The summed E-state index contributed by atoms with van der Waals surface area (Å²) in [5, 5.41) is 3.49. The van der Waals surface area contributed by atoms with Gasteiger partial charge in [0.15, 0.2) is 0 Å². The molecule has 7 heteroatoms. The summed E-state index contributed by atoms with van der Waals surface area (Å²) in [6.45, 7) is 2.81. The molecule has 148 valence electrons. The van der Waals surface area contributed by atoms with Gasteiger partial charge in [0.1, 0.15) is 5.82 Å². The van der Waals surface area contributed by atoms with Crippen LogP contribution >= 0.6 is 0 Å². The molecule has 2 N–H and O–H groups in total. The Morgan fingerprint density at radius 3 is 2.90 bits per heavy atom. The molecule has 0 bridgehead atoms. The lowest BCUT2D eigenvalue weighted by Crippen LogP contribution is -2.28. The van der Waals surface area contributed by atoms with Gasteiger partial charge in [-0.2, -0.15) is 0 Å². The average molecular weight is 389 g/mol. The molecule has 0 aliphatic carbocycles. The Kier molecular flexibility index (Phi) is 5.37. The van der Waals surface area contributed by atoms with Gasteiger partial charge in [-0.25, -0.2) is 9.97 Å². The van der Waals surface area contributed by atoms with E-state index in [9.17, 15) is 9.59 Å². The lowest BCUT2D eigenvalue weighted by atomic mass is 10.1. The summed E-state index contributed by atoms with van der Waals surface area (Å²) in [5.41, 5.74) is 3.54. The van der Waals surface area contributed by atoms with Gasteiger partial charge in [-0.05, 0) is 37.1 Å². The van der Waals surface area contributed by atoms with Crippen LogP contribution in [0.25, 0.3) is 21.9 Å². The Morgan fingerprint density at radius 1 is 1.17 bits per heavy atom. The van der Waals surface area contributed by atoms with E-state index in [-0.39, 0.29) is 17.9 Å². The van der Waals surface area contributed by atoms with Crippen molar-refractivity contribution in [3.63, 3.8) is 0 Å². The van der Waals surface area contributed by atoms with Crippen LogP contribution in [0.1, 0.15) is 24.2 Å². The zero-order chi connectivity index (χ0) is 20.2. The highest BCUT2D eigenvalue weighted by atomic mass is 16.1. The molecule has 0 unspecified atom stereocenters. The molecule has 0 saturated carbocycles. The number of carbonyl (C=O) groups excluding carboxylic acids is 1. The molecule has 0 atom stereocenters. The minimum Gasteiger partial charge on any atom is -0.356 e. The van der Waals surface area contributed by atoms with Gasteiger partial charge in [-0.3, -0.25) is 14.2 Å². The first-order chi connectivity index (χ1) is 14.1. The molecule has 7 nitrogen and oxygen atoms in total. The van der Waals surface area contributed by atoms with Crippen molar-refractivity contribution >= 4 is 27.8 Å². The lowest BCUT2D eigenvalue weighted by Gasteiger charge is -2.08. The van der Waals surface area contributed by atoms with Crippen LogP contribution in [-0.4, -0.2) is 32.0 Å². The van der Waals surface area contributed by atoms with Crippen LogP contribution in [0.5, 0.6) is 0 Å². The molecule has 1 amide bonds. The number of fused-ring (bicyclic) bond motifs is 2. The van der Waals surface area contributed by atoms with E-state index in [0.29, 0.717) is 24.0 Å².